The van der Waals surface area contributed by atoms with E-state index in [9.17, 15) is 4.79 Å². The number of hydrogen-bond donors (Lipinski definition) is 4. The van der Waals surface area contributed by atoms with E-state index in [0.717, 1.165) is 29.5 Å². The lowest BCUT2D eigenvalue weighted by Crippen LogP contribution is -2.35. The third kappa shape index (κ3) is 3.47. The van der Waals surface area contributed by atoms with E-state index in [-0.39, 0.29) is 11.4 Å². The summed E-state index contributed by atoms with van der Waals surface area (Å²) in [6, 6.07) is 13.2. The molecule has 148 valence electrons. The molecular weight excluding hydrogens is 366 g/mol. The maximum Gasteiger partial charge on any atom is 0.268 e. The third-order valence-electron chi connectivity index (χ3n) is 5.29. The van der Waals surface area contributed by atoms with Crippen molar-refractivity contribution >= 4 is 28.7 Å². The number of carbonyl (C=O) groups is 1. The van der Waals surface area contributed by atoms with Gasteiger partial charge in [0.15, 0.2) is 0 Å². The van der Waals surface area contributed by atoms with E-state index in [4.69, 9.17) is 15.9 Å². The van der Waals surface area contributed by atoms with Crippen LogP contribution in [0.15, 0.2) is 48.2 Å². The van der Waals surface area contributed by atoms with Crippen molar-refractivity contribution in [2.45, 2.75) is 25.3 Å². The van der Waals surface area contributed by atoms with Crippen LogP contribution in [-0.2, 0) is 5.54 Å². The minimum absolute atomic E-state index is 0.178. The number of amides is 1. The van der Waals surface area contributed by atoms with E-state index in [1.165, 1.54) is 6.21 Å². The predicted octanol–water partition coefficient (Wildman–Crippen LogP) is 3.33. The first-order valence-electron chi connectivity index (χ1n) is 9.40. The first-order valence-corrected chi connectivity index (χ1v) is 9.40. The second-order valence-corrected chi connectivity index (χ2v) is 7.33. The first kappa shape index (κ1) is 18.7. The number of pyridine rings is 1. The molecule has 1 aliphatic carbocycles. The Labute approximate surface area is 168 Å². The SMILES string of the molecule is COc1cccc(C2(NC(=O)c3cc4ccc(/C(C=N)=C(\C)N)nc4[nH]3)CC2)c1. The zero-order chi connectivity index (χ0) is 20.6. The van der Waals surface area contributed by atoms with Gasteiger partial charge in [-0.25, -0.2) is 4.98 Å². The molecule has 1 saturated carbocycles. The van der Waals surface area contributed by atoms with E-state index in [1.54, 1.807) is 26.2 Å². The minimum Gasteiger partial charge on any atom is -0.497 e. The van der Waals surface area contributed by atoms with Crippen molar-refractivity contribution in [2.75, 3.05) is 7.11 Å². The topological polar surface area (TPSA) is 117 Å². The number of ether oxygens (including phenoxy) is 1. The van der Waals surface area contributed by atoms with Gasteiger partial charge in [0.1, 0.15) is 17.1 Å². The van der Waals surface area contributed by atoms with Crippen LogP contribution < -0.4 is 15.8 Å². The standard InChI is InChI=1S/C22H23N5O2/c1-13(24)17(12-23)18-7-6-14-10-19(26-20(14)25-18)21(28)27-22(8-9-22)15-4-3-5-16(11-15)29-2/h3-7,10-12,23H,8-9,24H2,1-2H3,(H,25,26)(H,27,28)/b17-13+,23-12?. The fourth-order valence-electron chi connectivity index (χ4n) is 3.48. The van der Waals surface area contributed by atoms with Crippen LogP contribution in [0, 0.1) is 5.41 Å². The zero-order valence-corrected chi connectivity index (χ0v) is 16.4. The van der Waals surface area contributed by atoms with Crippen molar-refractivity contribution in [3.63, 3.8) is 0 Å². The molecule has 0 aliphatic heterocycles. The number of carbonyl (C=O) groups excluding carboxylic acids is 1. The molecule has 0 atom stereocenters. The molecule has 1 aromatic carbocycles. The predicted molar refractivity (Wildman–Crippen MR) is 113 cm³/mol. The number of aromatic nitrogens is 2. The number of rotatable bonds is 6. The Balaban J connectivity index is 1.60. The highest BCUT2D eigenvalue weighted by atomic mass is 16.5. The summed E-state index contributed by atoms with van der Waals surface area (Å²) in [5, 5.41) is 11.5. The van der Waals surface area contributed by atoms with Gasteiger partial charge in [-0.1, -0.05) is 12.1 Å². The molecule has 0 unspecified atom stereocenters. The monoisotopic (exact) mass is 389 g/mol. The summed E-state index contributed by atoms with van der Waals surface area (Å²) in [6.45, 7) is 1.73. The quantitative estimate of drug-likeness (QED) is 0.484. The lowest BCUT2D eigenvalue weighted by atomic mass is 10.0. The molecule has 0 spiro atoms. The van der Waals surface area contributed by atoms with Crippen LogP contribution in [0.4, 0.5) is 0 Å². The third-order valence-corrected chi connectivity index (χ3v) is 5.29. The molecule has 1 amide bonds. The Morgan fingerprint density at radius 1 is 1.31 bits per heavy atom. The largest absolute Gasteiger partial charge is 0.497 e. The summed E-state index contributed by atoms with van der Waals surface area (Å²) in [7, 11) is 1.63. The van der Waals surface area contributed by atoms with Crippen molar-refractivity contribution < 1.29 is 9.53 Å². The lowest BCUT2D eigenvalue weighted by molar-refractivity contribution is 0.0926. The molecule has 5 N–H and O–H groups in total. The molecule has 0 saturated heterocycles. The second-order valence-electron chi connectivity index (χ2n) is 7.33. The fraction of sp³-hybridized carbons (Fsp3) is 0.227. The van der Waals surface area contributed by atoms with Crippen molar-refractivity contribution in [2.24, 2.45) is 5.73 Å². The van der Waals surface area contributed by atoms with Crippen molar-refractivity contribution in [1.29, 1.82) is 5.41 Å². The molecule has 1 aliphatic rings. The highest BCUT2D eigenvalue weighted by molar-refractivity contribution is 6.09. The van der Waals surface area contributed by atoms with Crippen LogP contribution in [0.2, 0.25) is 0 Å². The number of H-pyrrole nitrogens is 1. The lowest BCUT2D eigenvalue weighted by Gasteiger charge is -2.18. The number of methoxy groups -OCH3 is 1. The van der Waals surface area contributed by atoms with Crippen molar-refractivity contribution in [1.82, 2.24) is 15.3 Å². The zero-order valence-electron chi connectivity index (χ0n) is 16.4. The molecule has 29 heavy (non-hydrogen) atoms. The highest BCUT2D eigenvalue weighted by Gasteiger charge is 2.46. The highest BCUT2D eigenvalue weighted by Crippen LogP contribution is 2.46. The number of aromatic amines is 1. The summed E-state index contributed by atoms with van der Waals surface area (Å²) >= 11 is 0. The summed E-state index contributed by atoms with van der Waals surface area (Å²) in [5.74, 6) is 0.596. The van der Waals surface area contributed by atoms with Gasteiger partial charge in [-0.3, -0.25) is 4.79 Å². The Kier molecular flexibility index (Phi) is 4.58. The van der Waals surface area contributed by atoms with Crippen LogP contribution in [-0.4, -0.2) is 29.2 Å². The number of nitrogens with zero attached hydrogens (tertiary/aromatic N) is 1. The molecule has 7 nitrogen and oxygen atoms in total. The van der Waals surface area contributed by atoms with Crippen LogP contribution in [0.25, 0.3) is 16.6 Å². The molecule has 1 fully saturated rings. The van der Waals surface area contributed by atoms with Crippen molar-refractivity contribution in [3.8, 4) is 5.75 Å². The Morgan fingerprint density at radius 3 is 2.76 bits per heavy atom. The summed E-state index contributed by atoms with van der Waals surface area (Å²) in [6.07, 6.45) is 2.96. The average Bonchev–Trinajstić information content (AvgIpc) is 3.37. The maximum absolute atomic E-state index is 12.9. The molecule has 0 radical (unpaired) electrons. The number of benzene rings is 1. The van der Waals surface area contributed by atoms with Gasteiger partial charge in [0.25, 0.3) is 5.91 Å². The molecule has 4 rings (SSSR count). The van der Waals surface area contributed by atoms with Gasteiger partial charge in [-0.05, 0) is 55.7 Å². The number of nitrogens with one attached hydrogen (secondary N) is 3. The van der Waals surface area contributed by atoms with E-state index < -0.39 is 0 Å². The Bertz CT molecular complexity index is 1140. The van der Waals surface area contributed by atoms with Gasteiger partial charge in [0, 0.05) is 22.9 Å². The van der Waals surface area contributed by atoms with E-state index in [0.29, 0.717) is 28.3 Å². The van der Waals surface area contributed by atoms with E-state index in [2.05, 4.69) is 15.3 Å². The van der Waals surface area contributed by atoms with Crippen LogP contribution in [0.5, 0.6) is 5.75 Å². The molecule has 2 heterocycles. The summed E-state index contributed by atoms with van der Waals surface area (Å²) < 4.78 is 5.31. The maximum atomic E-state index is 12.9. The van der Waals surface area contributed by atoms with E-state index in [1.807, 2.05) is 30.3 Å². The Hall–Kier alpha value is -3.61. The second kappa shape index (κ2) is 7.09. The van der Waals surface area contributed by atoms with E-state index >= 15 is 0 Å². The average molecular weight is 389 g/mol. The number of allylic oxidation sites excluding steroid dienone is 2. The molecule has 2 aromatic heterocycles. The molecule has 0 bridgehead atoms. The molecular formula is C22H23N5O2. The number of nitrogens with two attached hydrogens (primary N) is 1. The minimum atomic E-state index is -0.353. The van der Waals surface area contributed by atoms with Crippen LogP contribution >= 0.6 is 0 Å². The van der Waals surface area contributed by atoms with Gasteiger partial charge >= 0.3 is 0 Å². The molecule has 3 aromatic rings. The fourth-order valence-corrected chi connectivity index (χ4v) is 3.48. The summed E-state index contributed by atoms with van der Waals surface area (Å²) in [4.78, 5) is 20.5. The van der Waals surface area contributed by atoms with Gasteiger partial charge in [0.05, 0.1) is 18.3 Å². The molecule has 7 heteroatoms. The van der Waals surface area contributed by atoms with Crippen molar-refractivity contribution in [3.05, 3.63) is 65.1 Å². The smallest absolute Gasteiger partial charge is 0.268 e. The first-order chi connectivity index (χ1) is 14.0. The van der Waals surface area contributed by atoms with Gasteiger partial charge in [-0.15, -0.1) is 0 Å². The van der Waals surface area contributed by atoms with Gasteiger partial charge in [0.2, 0.25) is 0 Å². The Morgan fingerprint density at radius 2 is 2.10 bits per heavy atom. The van der Waals surface area contributed by atoms with Gasteiger partial charge in [-0.2, -0.15) is 0 Å². The number of fused-ring (bicyclic) bond motifs is 1. The van der Waals surface area contributed by atoms with Crippen LogP contribution in [0.1, 0.15) is 41.5 Å². The summed E-state index contributed by atoms with van der Waals surface area (Å²) in [5.41, 5.74) is 9.22. The number of hydrogen-bond acceptors (Lipinski definition) is 5. The normalized spacial score (nSPS) is 15.5. The van der Waals surface area contributed by atoms with Crippen LogP contribution in [0.3, 0.4) is 0 Å². The van der Waals surface area contributed by atoms with Gasteiger partial charge < -0.3 is 26.2 Å².